The van der Waals surface area contributed by atoms with Crippen molar-refractivity contribution in [2.75, 3.05) is 5.75 Å². The van der Waals surface area contributed by atoms with E-state index in [1.165, 1.54) is 109 Å². The van der Waals surface area contributed by atoms with Gasteiger partial charge in [0.15, 0.2) is 0 Å². The van der Waals surface area contributed by atoms with Gasteiger partial charge < -0.3 is 0 Å². The molecule has 0 atom stereocenters. The van der Waals surface area contributed by atoms with E-state index >= 15 is 0 Å². The van der Waals surface area contributed by atoms with Crippen LogP contribution < -0.4 is 0 Å². The predicted molar refractivity (Wildman–Crippen MR) is 202 cm³/mol. The highest BCUT2D eigenvalue weighted by Crippen LogP contribution is 2.57. The van der Waals surface area contributed by atoms with Crippen LogP contribution in [0.1, 0.15) is 89.0 Å². The number of hydrogen-bond donors (Lipinski definition) is 0. The zero-order valence-corrected chi connectivity index (χ0v) is 31.0. The molecule has 0 aromatic heterocycles. The Balaban J connectivity index is 1.89. The first-order valence-corrected chi connectivity index (χ1v) is 18.7. The van der Waals surface area contributed by atoms with Crippen LogP contribution in [0, 0.1) is 83.1 Å². The van der Waals surface area contributed by atoms with E-state index in [9.17, 15) is 0 Å². The minimum atomic E-state index is 0.985. The summed E-state index contributed by atoms with van der Waals surface area (Å²) in [6.45, 7) is 27.2. The molecule has 4 aromatic rings. The molecule has 0 N–H and O–H groups in total. The van der Waals surface area contributed by atoms with Gasteiger partial charge in [-0.1, -0.05) is 93.3 Å². The Morgan fingerprint density at radius 2 is 0.682 bits per heavy atom. The predicted octanol–water partition coefficient (Wildman–Crippen LogP) is 12.7. The molecule has 44 heavy (non-hydrogen) atoms. The Kier molecular flexibility index (Phi) is 9.71. The molecule has 0 saturated carbocycles. The summed E-state index contributed by atoms with van der Waals surface area (Å²) < 4.78 is 1.39. The Hall–Kier alpha value is -2.59. The number of aryl methyl sites for hydroxylation is 12. The molecule has 1 aliphatic heterocycles. The molecule has 0 spiro atoms. The highest BCUT2D eigenvalue weighted by Gasteiger charge is 2.28. The molecule has 4 aromatic carbocycles. The topological polar surface area (TPSA) is 0 Å². The van der Waals surface area contributed by atoms with Crippen LogP contribution in [0.4, 0.5) is 0 Å². The van der Waals surface area contributed by atoms with Crippen molar-refractivity contribution in [3.05, 3.63) is 147 Å². The molecule has 1 fully saturated rings. The fraction of sp³-hybridized carbons (Fsp3) is 0.317. The van der Waals surface area contributed by atoms with Gasteiger partial charge in [-0.2, -0.15) is 0 Å². The molecule has 1 saturated heterocycles. The van der Waals surface area contributed by atoms with Crippen LogP contribution in [-0.2, 0) is 0 Å². The molecule has 5 rings (SSSR count). The molecule has 0 bridgehead atoms. The molecule has 228 valence electrons. The van der Waals surface area contributed by atoms with E-state index in [-0.39, 0.29) is 0 Å². The highest BCUT2D eigenvalue weighted by atomic mass is 33.1. The van der Waals surface area contributed by atoms with Crippen LogP contribution in [0.5, 0.6) is 0 Å². The lowest BCUT2D eigenvalue weighted by molar-refractivity contribution is 1.25. The summed E-state index contributed by atoms with van der Waals surface area (Å²) in [7, 11) is 3.95. The van der Waals surface area contributed by atoms with E-state index in [1.54, 1.807) is 0 Å². The third-order valence-corrected chi connectivity index (χ3v) is 12.8. The van der Waals surface area contributed by atoms with E-state index in [1.807, 2.05) is 33.3 Å². The Morgan fingerprint density at radius 1 is 0.409 bits per heavy atom. The minimum absolute atomic E-state index is 0.985. The van der Waals surface area contributed by atoms with E-state index in [4.69, 9.17) is 0 Å². The first kappa shape index (κ1) is 32.8. The van der Waals surface area contributed by atoms with E-state index in [0.717, 1.165) is 5.75 Å². The number of rotatable bonds is 4. The Morgan fingerprint density at radius 3 is 0.977 bits per heavy atom. The Labute approximate surface area is 278 Å². The summed E-state index contributed by atoms with van der Waals surface area (Å²) in [6.07, 6.45) is 0. The van der Waals surface area contributed by atoms with Crippen molar-refractivity contribution in [1.29, 1.82) is 0 Å². The number of hydrogen-bond acceptors (Lipinski definition) is 3. The van der Waals surface area contributed by atoms with Crippen molar-refractivity contribution in [2.24, 2.45) is 0 Å². The van der Waals surface area contributed by atoms with Gasteiger partial charge in [-0.3, -0.25) is 0 Å². The smallest absolute Gasteiger partial charge is 0.0641 e. The Bertz CT molecular complexity index is 1520. The maximum Gasteiger partial charge on any atom is 0.0641 e. The average molecular weight is 635 g/mol. The normalized spacial score (nSPS) is 13.5. The first-order valence-electron chi connectivity index (χ1n) is 15.5. The molecule has 1 heterocycles. The fourth-order valence-corrected chi connectivity index (χ4v) is 12.0. The van der Waals surface area contributed by atoms with Crippen molar-refractivity contribution in [2.45, 2.75) is 83.1 Å². The fourth-order valence-electron chi connectivity index (χ4n) is 7.54. The van der Waals surface area contributed by atoms with Gasteiger partial charge in [-0.15, -0.1) is 0 Å². The van der Waals surface area contributed by atoms with Gasteiger partial charge in [0.2, 0.25) is 0 Å². The van der Waals surface area contributed by atoms with Crippen molar-refractivity contribution in [3.8, 4) is 0 Å². The average Bonchev–Trinajstić information content (AvgIpc) is 2.89. The number of thioether (sulfide) groups is 1. The van der Waals surface area contributed by atoms with Crippen LogP contribution in [-0.4, -0.2) is 5.75 Å². The summed E-state index contributed by atoms with van der Waals surface area (Å²) in [6, 6.07) is 18.9. The quantitative estimate of drug-likeness (QED) is 0.205. The molecular formula is C41H46S3. The molecule has 0 unspecified atom stereocenters. The van der Waals surface area contributed by atoms with E-state index in [0.29, 0.717) is 0 Å². The standard InChI is InChI=1S/C41H46S3/c1-22-13-26(5)35(27(6)14-22)39(36-28(7)15-23(2)16-29(36)8)34-21-42-44-41(43-34)40(37-30(9)17-24(3)18-31(37)10)38-32(11)19-25(4)20-33(38)12/h13-20H,21H2,1-12H3. The van der Waals surface area contributed by atoms with Crippen molar-refractivity contribution in [1.82, 2.24) is 0 Å². The second-order valence-corrected chi connectivity index (χ2v) is 16.7. The van der Waals surface area contributed by atoms with Crippen LogP contribution in [0.25, 0.3) is 11.1 Å². The second-order valence-electron chi connectivity index (χ2n) is 13.0. The minimum Gasteiger partial charge on any atom is -0.0844 e. The summed E-state index contributed by atoms with van der Waals surface area (Å²) in [5.74, 6) is 0.985. The van der Waals surface area contributed by atoms with Gasteiger partial charge in [0.1, 0.15) is 0 Å². The second kappa shape index (κ2) is 13.0. The number of benzene rings is 4. The van der Waals surface area contributed by atoms with Gasteiger partial charge in [0.25, 0.3) is 0 Å². The molecule has 3 heteroatoms. The van der Waals surface area contributed by atoms with Gasteiger partial charge in [-0.25, -0.2) is 0 Å². The summed E-state index contributed by atoms with van der Waals surface area (Å²) in [4.78, 5) is 1.45. The van der Waals surface area contributed by atoms with Crippen LogP contribution >= 0.6 is 33.3 Å². The maximum atomic E-state index is 2.36. The maximum absolute atomic E-state index is 2.36. The third kappa shape index (κ3) is 6.39. The lowest BCUT2D eigenvalue weighted by atomic mass is 9.85. The lowest BCUT2D eigenvalue weighted by Crippen LogP contribution is -2.07. The third-order valence-electron chi connectivity index (χ3n) is 8.73. The first-order chi connectivity index (χ1) is 20.8. The largest absolute Gasteiger partial charge is 0.0844 e. The molecule has 1 aliphatic rings. The zero-order valence-electron chi connectivity index (χ0n) is 28.6. The summed E-state index contributed by atoms with van der Waals surface area (Å²) in [5.41, 5.74) is 24.5. The van der Waals surface area contributed by atoms with E-state index in [2.05, 4.69) is 132 Å². The van der Waals surface area contributed by atoms with E-state index < -0.39 is 0 Å². The summed E-state index contributed by atoms with van der Waals surface area (Å²) in [5, 5.41) is 0. The van der Waals surface area contributed by atoms with Crippen molar-refractivity contribution >= 4 is 44.5 Å². The van der Waals surface area contributed by atoms with Crippen LogP contribution in [0.2, 0.25) is 0 Å². The molecule has 0 nitrogen and oxygen atoms in total. The highest BCUT2D eigenvalue weighted by molar-refractivity contribution is 8.81. The van der Waals surface area contributed by atoms with Gasteiger partial charge >= 0.3 is 0 Å². The molecular weight excluding hydrogens is 589 g/mol. The SMILES string of the molecule is Cc1cc(C)c(C(=C2CSSC(=C(c3c(C)cc(C)cc3C)c3c(C)cc(C)cc3C)S2)c2c(C)cc(C)cc2C)c(C)c1. The lowest BCUT2D eigenvalue weighted by Gasteiger charge is -2.28. The zero-order chi connectivity index (χ0) is 32.0. The molecule has 0 aliphatic carbocycles. The monoisotopic (exact) mass is 634 g/mol. The van der Waals surface area contributed by atoms with Gasteiger partial charge in [0, 0.05) is 21.8 Å². The van der Waals surface area contributed by atoms with Gasteiger partial charge in [0.05, 0.1) is 4.24 Å². The van der Waals surface area contributed by atoms with Crippen molar-refractivity contribution < 1.29 is 0 Å². The molecule has 0 radical (unpaired) electrons. The van der Waals surface area contributed by atoms with Crippen LogP contribution in [0.3, 0.4) is 0 Å². The molecule has 0 amide bonds. The van der Waals surface area contributed by atoms with Gasteiger partial charge in [-0.05, 0) is 161 Å². The van der Waals surface area contributed by atoms with Crippen molar-refractivity contribution in [3.63, 3.8) is 0 Å². The summed E-state index contributed by atoms with van der Waals surface area (Å²) >= 11 is 2.01. The van der Waals surface area contributed by atoms with Crippen LogP contribution in [0.15, 0.2) is 57.7 Å².